The number of imidazole rings is 1. The van der Waals surface area contributed by atoms with E-state index in [-0.39, 0.29) is 4.90 Å². The first-order chi connectivity index (χ1) is 9.62. The first-order valence-corrected chi connectivity index (χ1v) is 7.75. The SMILES string of the molecule is CCNc1ccc(S(=O)(=O)NCCn2ccnc2)cn1. The van der Waals surface area contributed by atoms with Crippen LogP contribution in [0.4, 0.5) is 5.82 Å². The van der Waals surface area contributed by atoms with Crippen molar-refractivity contribution in [3.8, 4) is 0 Å². The highest BCUT2D eigenvalue weighted by atomic mass is 32.2. The highest BCUT2D eigenvalue weighted by Gasteiger charge is 2.13. The quantitative estimate of drug-likeness (QED) is 0.784. The topological polar surface area (TPSA) is 88.9 Å². The van der Waals surface area contributed by atoms with Gasteiger partial charge in [-0.3, -0.25) is 0 Å². The molecule has 2 N–H and O–H groups in total. The maximum atomic E-state index is 12.0. The van der Waals surface area contributed by atoms with Gasteiger partial charge in [-0.1, -0.05) is 0 Å². The van der Waals surface area contributed by atoms with Crippen LogP contribution in [0.3, 0.4) is 0 Å². The van der Waals surface area contributed by atoms with Crippen LogP contribution in [0.5, 0.6) is 0 Å². The van der Waals surface area contributed by atoms with Crippen LogP contribution in [0.15, 0.2) is 41.9 Å². The standard InChI is InChI=1S/C12H17N5O2S/c1-2-14-12-4-3-11(9-15-12)20(18,19)16-6-8-17-7-5-13-10-17/h3-5,7,9-10,16H,2,6,8H2,1H3,(H,14,15). The Morgan fingerprint density at radius 1 is 1.35 bits per heavy atom. The zero-order chi connectivity index (χ0) is 14.4. The van der Waals surface area contributed by atoms with Gasteiger partial charge >= 0.3 is 0 Å². The summed E-state index contributed by atoms with van der Waals surface area (Å²) in [4.78, 5) is 8.10. The van der Waals surface area contributed by atoms with Crippen molar-refractivity contribution >= 4 is 15.8 Å². The number of anilines is 1. The van der Waals surface area contributed by atoms with Crippen LogP contribution in [0, 0.1) is 0 Å². The van der Waals surface area contributed by atoms with Gasteiger partial charge in [0, 0.05) is 38.2 Å². The first kappa shape index (κ1) is 14.5. The molecule has 0 saturated heterocycles. The number of nitrogens with one attached hydrogen (secondary N) is 2. The van der Waals surface area contributed by atoms with Crippen molar-refractivity contribution in [3.05, 3.63) is 37.1 Å². The molecular formula is C12H17N5O2S. The smallest absolute Gasteiger partial charge is 0.242 e. The van der Waals surface area contributed by atoms with E-state index in [1.54, 1.807) is 29.4 Å². The lowest BCUT2D eigenvalue weighted by Crippen LogP contribution is -2.27. The Morgan fingerprint density at radius 2 is 2.20 bits per heavy atom. The Morgan fingerprint density at radius 3 is 2.80 bits per heavy atom. The normalized spacial score (nSPS) is 11.4. The molecule has 0 unspecified atom stereocenters. The molecule has 0 radical (unpaired) electrons. The second kappa shape index (κ2) is 6.49. The predicted molar refractivity (Wildman–Crippen MR) is 75.8 cm³/mol. The fourth-order valence-electron chi connectivity index (χ4n) is 1.64. The van der Waals surface area contributed by atoms with Crippen molar-refractivity contribution in [3.63, 3.8) is 0 Å². The van der Waals surface area contributed by atoms with Gasteiger partial charge in [-0.05, 0) is 19.1 Å². The molecule has 7 nitrogen and oxygen atoms in total. The largest absolute Gasteiger partial charge is 0.370 e. The molecule has 2 heterocycles. The minimum absolute atomic E-state index is 0.157. The Kier molecular flexibility index (Phi) is 4.70. The Bertz CT molecular complexity index is 622. The summed E-state index contributed by atoms with van der Waals surface area (Å²) in [5, 5.41) is 3.01. The summed E-state index contributed by atoms with van der Waals surface area (Å²) < 4.78 is 28.4. The zero-order valence-electron chi connectivity index (χ0n) is 11.2. The van der Waals surface area contributed by atoms with Crippen LogP contribution < -0.4 is 10.0 Å². The van der Waals surface area contributed by atoms with Gasteiger partial charge in [0.15, 0.2) is 0 Å². The molecule has 108 valence electrons. The van der Waals surface area contributed by atoms with Gasteiger partial charge in [-0.25, -0.2) is 23.1 Å². The minimum atomic E-state index is -3.52. The van der Waals surface area contributed by atoms with Crippen LogP contribution in [0.1, 0.15) is 6.92 Å². The molecule has 0 aliphatic carbocycles. The molecule has 2 aromatic heterocycles. The second-order valence-electron chi connectivity index (χ2n) is 4.11. The first-order valence-electron chi connectivity index (χ1n) is 6.27. The van der Waals surface area contributed by atoms with Crippen molar-refractivity contribution in [1.82, 2.24) is 19.3 Å². The van der Waals surface area contributed by atoms with Crippen LogP contribution in [0.25, 0.3) is 0 Å². The van der Waals surface area contributed by atoms with E-state index in [2.05, 4.69) is 20.0 Å². The molecule has 2 rings (SSSR count). The molecule has 0 saturated carbocycles. The van der Waals surface area contributed by atoms with Gasteiger partial charge in [0.05, 0.1) is 6.33 Å². The summed E-state index contributed by atoms with van der Waals surface area (Å²) in [6.45, 7) is 3.52. The Balaban J connectivity index is 1.95. The van der Waals surface area contributed by atoms with Gasteiger partial charge in [0.2, 0.25) is 10.0 Å². The second-order valence-corrected chi connectivity index (χ2v) is 5.87. The molecule has 0 atom stereocenters. The van der Waals surface area contributed by atoms with E-state index in [1.165, 1.54) is 12.3 Å². The van der Waals surface area contributed by atoms with Crippen molar-refractivity contribution in [2.45, 2.75) is 18.4 Å². The van der Waals surface area contributed by atoms with Gasteiger partial charge in [-0.15, -0.1) is 0 Å². The number of hydrogen-bond donors (Lipinski definition) is 2. The van der Waals surface area contributed by atoms with Crippen LogP contribution in [0.2, 0.25) is 0 Å². The van der Waals surface area contributed by atoms with E-state index in [0.29, 0.717) is 18.9 Å². The fraction of sp³-hybridized carbons (Fsp3) is 0.333. The summed E-state index contributed by atoms with van der Waals surface area (Å²) >= 11 is 0. The third kappa shape index (κ3) is 3.78. The van der Waals surface area contributed by atoms with Crippen LogP contribution >= 0.6 is 0 Å². The lowest BCUT2D eigenvalue weighted by molar-refractivity contribution is 0.572. The lowest BCUT2D eigenvalue weighted by Gasteiger charge is -2.08. The van der Waals surface area contributed by atoms with Gasteiger partial charge in [0.1, 0.15) is 10.7 Å². The third-order valence-corrected chi connectivity index (χ3v) is 4.07. The van der Waals surface area contributed by atoms with Gasteiger partial charge < -0.3 is 9.88 Å². The lowest BCUT2D eigenvalue weighted by atomic mass is 10.4. The average molecular weight is 295 g/mol. The van der Waals surface area contributed by atoms with Crippen molar-refractivity contribution < 1.29 is 8.42 Å². The Hall–Kier alpha value is -1.93. The number of nitrogens with zero attached hydrogens (tertiary/aromatic N) is 3. The highest BCUT2D eigenvalue weighted by Crippen LogP contribution is 2.10. The van der Waals surface area contributed by atoms with Crippen molar-refractivity contribution in [2.75, 3.05) is 18.4 Å². The average Bonchev–Trinajstić information content (AvgIpc) is 2.93. The van der Waals surface area contributed by atoms with E-state index < -0.39 is 10.0 Å². The maximum absolute atomic E-state index is 12.0. The van der Waals surface area contributed by atoms with Gasteiger partial charge in [-0.2, -0.15) is 0 Å². The van der Waals surface area contributed by atoms with Crippen LogP contribution in [-0.4, -0.2) is 36.0 Å². The number of sulfonamides is 1. The number of aromatic nitrogens is 3. The molecule has 20 heavy (non-hydrogen) atoms. The molecule has 0 aliphatic rings. The van der Waals surface area contributed by atoms with E-state index in [1.807, 2.05) is 6.92 Å². The minimum Gasteiger partial charge on any atom is -0.370 e. The summed E-state index contributed by atoms with van der Waals surface area (Å²) in [5.41, 5.74) is 0. The summed E-state index contributed by atoms with van der Waals surface area (Å²) in [6, 6.07) is 3.18. The van der Waals surface area contributed by atoms with E-state index in [0.717, 1.165) is 6.54 Å². The highest BCUT2D eigenvalue weighted by molar-refractivity contribution is 7.89. The monoisotopic (exact) mass is 295 g/mol. The Labute approximate surface area is 118 Å². The van der Waals surface area contributed by atoms with E-state index in [4.69, 9.17) is 0 Å². The third-order valence-electron chi connectivity index (χ3n) is 2.63. The summed E-state index contributed by atoms with van der Waals surface area (Å²) in [6.07, 6.45) is 6.41. The number of pyridine rings is 1. The molecule has 2 aromatic rings. The number of hydrogen-bond acceptors (Lipinski definition) is 5. The molecule has 0 spiro atoms. The predicted octanol–water partition coefficient (Wildman–Crippen LogP) is 0.688. The zero-order valence-corrected chi connectivity index (χ0v) is 12.0. The maximum Gasteiger partial charge on any atom is 0.242 e. The van der Waals surface area contributed by atoms with Gasteiger partial charge in [0.25, 0.3) is 0 Å². The molecule has 8 heteroatoms. The van der Waals surface area contributed by atoms with E-state index in [9.17, 15) is 8.42 Å². The van der Waals surface area contributed by atoms with Crippen molar-refractivity contribution in [1.29, 1.82) is 0 Å². The molecule has 0 bridgehead atoms. The summed E-state index contributed by atoms with van der Waals surface area (Å²) in [5.74, 6) is 0.657. The number of rotatable bonds is 7. The molecule has 0 aliphatic heterocycles. The molecular weight excluding hydrogens is 278 g/mol. The molecule has 0 amide bonds. The van der Waals surface area contributed by atoms with Crippen LogP contribution in [-0.2, 0) is 16.6 Å². The van der Waals surface area contributed by atoms with E-state index >= 15 is 0 Å². The summed E-state index contributed by atoms with van der Waals surface area (Å²) in [7, 11) is -3.52. The van der Waals surface area contributed by atoms with Crippen molar-refractivity contribution in [2.24, 2.45) is 0 Å². The molecule has 0 fully saturated rings. The molecule has 0 aromatic carbocycles. The fourth-order valence-corrected chi connectivity index (χ4v) is 2.60.